The van der Waals surface area contributed by atoms with Gasteiger partial charge in [0.25, 0.3) is 0 Å². The van der Waals surface area contributed by atoms with Crippen LogP contribution in [0.5, 0.6) is 17.2 Å². The summed E-state index contributed by atoms with van der Waals surface area (Å²) in [5.41, 5.74) is 3.89. The first-order valence-electron chi connectivity index (χ1n) is 7.53. The van der Waals surface area contributed by atoms with E-state index in [2.05, 4.69) is 13.0 Å². The minimum atomic E-state index is 0.327. The Hall–Kier alpha value is -2.49. The number of carbonyl (C=O) groups is 1. The van der Waals surface area contributed by atoms with Gasteiger partial charge >= 0.3 is 0 Å². The number of rotatable bonds is 7. The van der Waals surface area contributed by atoms with Crippen molar-refractivity contribution in [2.45, 2.75) is 20.8 Å². The topological polar surface area (TPSA) is 44.8 Å². The van der Waals surface area contributed by atoms with Crippen LogP contribution in [0.25, 0.3) is 0 Å². The lowest BCUT2D eigenvalue weighted by atomic mass is 10.1. The van der Waals surface area contributed by atoms with Crippen LogP contribution in [0.3, 0.4) is 0 Å². The predicted molar refractivity (Wildman–Crippen MR) is 90.0 cm³/mol. The van der Waals surface area contributed by atoms with Gasteiger partial charge in [0.2, 0.25) is 0 Å². The molecule has 2 rings (SSSR count). The minimum absolute atomic E-state index is 0.327. The maximum atomic E-state index is 11.1. The molecular formula is C19H22O4. The van der Waals surface area contributed by atoms with Gasteiger partial charge in [0, 0.05) is 0 Å². The molecule has 2 aromatic carbocycles. The van der Waals surface area contributed by atoms with Crippen LogP contribution in [0, 0.1) is 20.8 Å². The van der Waals surface area contributed by atoms with E-state index >= 15 is 0 Å². The van der Waals surface area contributed by atoms with Crippen LogP contribution in [0.15, 0.2) is 30.3 Å². The zero-order valence-electron chi connectivity index (χ0n) is 14.0. The average molecular weight is 314 g/mol. The Labute approximate surface area is 137 Å². The largest absolute Gasteiger partial charge is 0.493 e. The summed E-state index contributed by atoms with van der Waals surface area (Å²) < 4.78 is 16.8. The van der Waals surface area contributed by atoms with Crippen molar-refractivity contribution in [2.75, 3.05) is 20.3 Å². The second-order valence-electron chi connectivity index (χ2n) is 5.35. The van der Waals surface area contributed by atoms with Crippen LogP contribution in [0.4, 0.5) is 0 Å². The summed E-state index contributed by atoms with van der Waals surface area (Å²) in [6.45, 7) is 6.84. The van der Waals surface area contributed by atoms with E-state index in [1.54, 1.807) is 25.3 Å². The molecular weight excluding hydrogens is 292 g/mol. The molecule has 0 aromatic heterocycles. The molecule has 0 bridgehead atoms. The number of aryl methyl sites for hydroxylation is 2. The Morgan fingerprint density at radius 3 is 2.22 bits per heavy atom. The molecule has 0 atom stereocenters. The minimum Gasteiger partial charge on any atom is -0.493 e. The van der Waals surface area contributed by atoms with Gasteiger partial charge in [-0.15, -0.1) is 0 Å². The Morgan fingerprint density at radius 2 is 1.57 bits per heavy atom. The monoisotopic (exact) mass is 314 g/mol. The first kappa shape index (κ1) is 16.9. The Balaban J connectivity index is 2.02. The van der Waals surface area contributed by atoms with Crippen molar-refractivity contribution in [3.05, 3.63) is 52.6 Å². The van der Waals surface area contributed by atoms with E-state index in [4.69, 9.17) is 14.2 Å². The van der Waals surface area contributed by atoms with Gasteiger partial charge in [0.1, 0.15) is 19.0 Å². The molecule has 0 aliphatic rings. The molecule has 4 nitrogen and oxygen atoms in total. The van der Waals surface area contributed by atoms with Crippen LogP contribution in [-0.4, -0.2) is 26.6 Å². The van der Waals surface area contributed by atoms with Crippen molar-refractivity contribution in [1.29, 1.82) is 0 Å². The van der Waals surface area contributed by atoms with Gasteiger partial charge in [-0.2, -0.15) is 0 Å². The molecule has 23 heavy (non-hydrogen) atoms. The van der Waals surface area contributed by atoms with Gasteiger partial charge in [-0.25, -0.2) is 0 Å². The molecule has 0 spiro atoms. The number of carbonyl (C=O) groups excluding carboxylic acids is 1. The third-order valence-corrected chi connectivity index (χ3v) is 3.81. The summed E-state index contributed by atoms with van der Waals surface area (Å²) >= 11 is 0. The highest BCUT2D eigenvalue weighted by molar-refractivity contribution is 5.81. The van der Waals surface area contributed by atoms with Gasteiger partial charge in [-0.05, 0) is 49.6 Å². The van der Waals surface area contributed by atoms with Crippen LogP contribution in [-0.2, 0) is 0 Å². The Kier molecular flexibility index (Phi) is 5.63. The molecule has 2 aromatic rings. The van der Waals surface area contributed by atoms with Crippen molar-refractivity contribution in [2.24, 2.45) is 0 Å². The number of hydrogen-bond donors (Lipinski definition) is 0. The van der Waals surface area contributed by atoms with Gasteiger partial charge in [0.15, 0.2) is 17.8 Å². The Morgan fingerprint density at radius 1 is 0.913 bits per heavy atom. The molecule has 0 N–H and O–H groups in total. The van der Waals surface area contributed by atoms with Crippen LogP contribution >= 0.6 is 0 Å². The predicted octanol–water partition coefficient (Wildman–Crippen LogP) is 3.89. The molecule has 0 aliphatic carbocycles. The van der Waals surface area contributed by atoms with Gasteiger partial charge < -0.3 is 14.2 Å². The smallest absolute Gasteiger partial charge is 0.171 e. The van der Waals surface area contributed by atoms with Gasteiger partial charge in [-0.1, -0.05) is 18.2 Å². The van der Waals surface area contributed by atoms with E-state index in [-0.39, 0.29) is 0 Å². The molecule has 0 radical (unpaired) electrons. The number of benzene rings is 2. The Bertz CT molecular complexity index is 692. The van der Waals surface area contributed by atoms with E-state index in [9.17, 15) is 4.79 Å². The fraction of sp³-hybridized carbons (Fsp3) is 0.316. The van der Waals surface area contributed by atoms with E-state index in [0.29, 0.717) is 30.3 Å². The number of hydrogen-bond acceptors (Lipinski definition) is 4. The van der Waals surface area contributed by atoms with E-state index < -0.39 is 0 Å². The zero-order valence-corrected chi connectivity index (χ0v) is 14.0. The summed E-state index contributed by atoms with van der Waals surface area (Å²) in [7, 11) is 1.55. The lowest BCUT2D eigenvalue weighted by Gasteiger charge is -2.16. The maximum Gasteiger partial charge on any atom is 0.171 e. The summed E-state index contributed by atoms with van der Waals surface area (Å²) in [6.07, 6.45) is 0.758. The standard InChI is InChI=1S/C19H22O4/c1-13-8-9-14(2)18(15(13)3)22-10-11-23-19-16(12-20)6-5-7-17(19)21-4/h5-9,12H,10-11H2,1-4H3. The van der Waals surface area contributed by atoms with E-state index in [1.165, 1.54) is 5.56 Å². The van der Waals surface area contributed by atoms with Crippen molar-refractivity contribution in [1.82, 2.24) is 0 Å². The lowest BCUT2D eigenvalue weighted by molar-refractivity contribution is 0.111. The summed E-state index contributed by atoms with van der Waals surface area (Å²) in [6, 6.07) is 9.34. The molecule has 0 aliphatic heterocycles. The van der Waals surface area contributed by atoms with Gasteiger partial charge in [-0.3, -0.25) is 4.79 Å². The normalized spacial score (nSPS) is 10.3. The SMILES string of the molecule is COc1cccc(C=O)c1OCCOc1c(C)ccc(C)c1C. The summed E-state index contributed by atoms with van der Waals surface area (Å²) in [4.78, 5) is 11.1. The van der Waals surface area contributed by atoms with Crippen molar-refractivity contribution < 1.29 is 19.0 Å². The number of aldehydes is 1. The molecule has 0 unspecified atom stereocenters. The first-order chi connectivity index (χ1) is 11.1. The van der Waals surface area contributed by atoms with Gasteiger partial charge in [0.05, 0.1) is 12.7 Å². The second kappa shape index (κ2) is 7.68. The second-order valence-corrected chi connectivity index (χ2v) is 5.35. The lowest BCUT2D eigenvalue weighted by Crippen LogP contribution is -2.12. The number of methoxy groups -OCH3 is 1. The van der Waals surface area contributed by atoms with Crippen LogP contribution < -0.4 is 14.2 Å². The van der Waals surface area contributed by atoms with Crippen LogP contribution in [0.2, 0.25) is 0 Å². The molecule has 0 heterocycles. The first-order valence-corrected chi connectivity index (χ1v) is 7.53. The number of para-hydroxylation sites is 1. The van der Waals surface area contributed by atoms with Crippen molar-refractivity contribution in [3.8, 4) is 17.2 Å². The highest BCUT2D eigenvalue weighted by Crippen LogP contribution is 2.30. The molecule has 4 heteroatoms. The molecule has 122 valence electrons. The van der Waals surface area contributed by atoms with Crippen molar-refractivity contribution >= 4 is 6.29 Å². The highest BCUT2D eigenvalue weighted by Gasteiger charge is 2.11. The quantitative estimate of drug-likeness (QED) is 0.574. The average Bonchev–Trinajstić information content (AvgIpc) is 2.57. The third kappa shape index (κ3) is 3.83. The van der Waals surface area contributed by atoms with E-state index in [1.807, 2.05) is 19.9 Å². The zero-order chi connectivity index (χ0) is 16.8. The molecule has 0 saturated heterocycles. The number of ether oxygens (including phenoxy) is 3. The fourth-order valence-electron chi connectivity index (χ4n) is 2.38. The summed E-state index contributed by atoms with van der Waals surface area (Å²) in [5, 5.41) is 0. The maximum absolute atomic E-state index is 11.1. The highest BCUT2D eigenvalue weighted by atomic mass is 16.5. The van der Waals surface area contributed by atoms with E-state index in [0.717, 1.165) is 23.2 Å². The van der Waals surface area contributed by atoms with Crippen molar-refractivity contribution in [3.63, 3.8) is 0 Å². The molecule has 0 saturated carbocycles. The summed E-state index contributed by atoms with van der Waals surface area (Å²) in [5.74, 6) is 1.88. The third-order valence-electron chi connectivity index (χ3n) is 3.81. The fourth-order valence-corrected chi connectivity index (χ4v) is 2.38. The molecule has 0 amide bonds. The molecule has 0 fully saturated rings. The van der Waals surface area contributed by atoms with Crippen LogP contribution in [0.1, 0.15) is 27.0 Å².